The molecule has 0 N–H and O–H groups in total. The average molecular weight is 340 g/mol. The zero-order chi connectivity index (χ0) is 14.8. The van der Waals surface area contributed by atoms with E-state index in [0.717, 1.165) is 6.54 Å². The van der Waals surface area contributed by atoms with E-state index in [1.807, 2.05) is 0 Å². The molecule has 3 rings (SSSR count). The van der Waals surface area contributed by atoms with E-state index in [2.05, 4.69) is 21.7 Å². The van der Waals surface area contributed by atoms with Crippen LogP contribution in [0.4, 0.5) is 0 Å². The third kappa shape index (κ3) is 3.86. The van der Waals surface area contributed by atoms with Crippen LogP contribution >= 0.6 is 34.5 Å². The fraction of sp³-hybridized carbons (Fsp3) is 0.312. The Morgan fingerprint density at radius 1 is 1.29 bits per heavy atom. The van der Waals surface area contributed by atoms with Crippen LogP contribution in [0.25, 0.3) is 0 Å². The van der Waals surface area contributed by atoms with Gasteiger partial charge in [-0.3, -0.25) is 9.69 Å². The third-order valence-electron chi connectivity index (χ3n) is 3.60. The molecule has 2 nitrogen and oxygen atoms in total. The van der Waals surface area contributed by atoms with Crippen molar-refractivity contribution in [2.24, 2.45) is 0 Å². The number of benzene rings is 1. The molecule has 5 heteroatoms. The van der Waals surface area contributed by atoms with Crippen molar-refractivity contribution in [3.05, 3.63) is 56.2 Å². The van der Waals surface area contributed by atoms with E-state index in [0.29, 0.717) is 28.2 Å². The van der Waals surface area contributed by atoms with Gasteiger partial charge in [0.05, 0.1) is 11.6 Å². The third-order valence-corrected chi connectivity index (χ3v) is 4.90. The highest BCUT2D eigenvalue weighted by molar-refractivity contribution is 7.07. The SMILES string of the molecule is O=C(CN(Cc1ccsc1)C1CC1)c1cc(Cl)ccc1Cl. The molecule has 21 heavy (non-hydrogen) atoms. The van der Waals surface area contributed by atoms with E-state index in [-0.39, 0.29) is 5.78 Å². The first kappa shape index (κ1) is 15.0. The largest absolute Gasteiger partial charge is 0.293 e. The Balaban J connectivity index is 1.73. The highest BCUT2D eigenvalue weighted by Crippen LogP contribution is 2.29. The minimum absolute atomic E-state index is 0.0321. The van der Waals surface area contributed by atoms with E-state index in [1.54, 1.807) is 29.5 Å². The molecular weight excluding hydrogens is 325 g/mol. The second-order valence-corrected chi connectivity index (χ2v) is 6.94. The summed E-state index contributed by atoms with van der Waals surface area (Å²) < 4.78 is 0. The first-order chi connectivity index (χ1) is 10.1. The molecule has 0 atom stereocenters. The van der Waals surface area contributed by atoms with Gasteiger partial charge in [-0.25, -0.2) is 0 Å². The lowest BCUT2D eigenvalue weighted by Crippen LogP contribution is -2.31. The van der Waals surface area contributed by atoms with Gasteiger partial charge in [0.15, 0.2) is 5.78 Å². The van der Waals surface area contributed by atoms with Crippen molar-refractivity contribution in [3.63, 3.8) is 0 Å². The maximum atomic E-state index is 12.5. The molecule has 1 aliphatic rings. The van der Waals surface area contributed by atoms with Crippen molar-refractivity contribution in [1.82, 2.24) is 4.90 Å². The Bertz CT molecular complexity index is 638. The second kappa shape index (κ2) is 6.49. The van der Waals surface area contributed by atoms with Crippen LogP contribution in [0.3, 0.4) is 0 Å². The first-order valence-electron chi connectivity index (χ1n) is 6.87. The molecule has 0 unspecified atom stereocenters. The quantitative estimate of drug-likeness (QED) is 0.697. The number of Topliss-reactive ketones (excluding diaryl/α,β-unsaturated/α-hetero) is 1. The lowest BCUT2D eigenvalue weighted by Gasteiger charge is -2.21. The minimum atomic E-state index is 0.0321. The van der Waals surface area contributed by atoms with Gasteiger partial charge in [-0.15, -0.1) is 0 Å². The summed E-state index contributed by atoms with van der Waals surface area (Å²) in [6.45, 7) is 1.21. The Kier molecular flexibility index (Phi) is 4.65. The van der Waals surface area contributed by atoms with Gasteiger partial charge in [-0.1, -0.05) is 23.2 Å². The maximum absolute atomic E-state index is 12.5. The van der Waals surface area contributed by atoms with Crippen LogP contribution in [0.1, 0.15) is 28.8 Å². The van der Waals surface area contributed by atoms with Gasteiger partial charge in [0, 0.05) is 23.2 Å². The fourth-order valence-corrected chi connectivity index (χ4v) is 3.41. The standard InChI is InChI=1S/C16H15Cl2NOS/c17-12-1-4-15(18)14(7-12)16(20)9-19(13-2-3-13)8-11-5-6-21-10-11/h1,4-7,10,13H,2-3,8-9H2. The topological polar surface area (TPSA) is 20.3 Å². The predicted molar refractivity (Wildman–Crippen MR) is 88.5 cm³/mol. The van der Waals surface area contributed by atoms with E-state index in [9.17, 15) is 4.79 Å². The van der Waals surface area contributed by atoms with Crippen LogP contribution < -0.4 is 0 Å². The summed E-state index contributed by atoms with van der Waals surface area (Å²) in [6.07, 6.45) is 2.33. The monoisotopic (exact) mass is 339 g/mol. The van der Waals surface area contributed by atoms with Crippen molar-refractivity contribution in [2.75, 3.05) is 6.54 Å². The van der Waals surface area contributed by atoms with Gasteiger partial charge >= 0.3 is 0 Å². The smallest absolute Gasteiger partial charge is 0.178 e. The fourth-order valence-electron chi connectivity index (χ4n) is 2.35. The average Bonchev–Trinajstić information content (AvgIpc) is 3.19. The van der Waals surface area contributed by atoms with Gasteiger partial charge in [0.1, 0.15) is 0 Å². The minimum Gasteiger partial charge on any atom is -0.293 e. The number of hydrogen-bond acceptors (Lipinski definition) is 3. The molecule has 0 amide bonds. The number of carbonyl (C=O) groups is 1. The zero-order valence-corrected chi connectivity index (χ0v) is 13.7. The molecule has 0 radical (unpaired) electrons. The summed E-state index contributed by atoms with van der Waals surface area (Å²) >= 11 is 13.8. The van der Waals surface area contributed by atoms with Crippen molar-refractivity contribution in [3.8, 4) is 0 Å². The molecule has 1 aromatic heterocycles. The number of carbonyl (C=O) groups excluding carboxylic acids is 1. The molecule has 1 heterocycles. The summed E-state index contributed by atoms with van der Waals surface area (Å²) in [7, 11) is 0. The number of halogens is 2. The summed E-state index contributed by atoms with van der Waals surface area (Å²) in [5.74, 6) is 0.0321. The van der Waals surface area contributed by atoms with E-state index < -0.39 is 0 Å². The molecular formula is C16H15Cl2NOS. The Labute approximate surface area is 138 Å². The molecule has 1 saturated carbocycles. The number of thiophene rings is 1. The molecule has 0 aliphatic heterocycles. The zero-order valence-electron chi connectivity index (χ0n) is 11.4. The van der Waals surface area contributed by atoms with E-state index in [1.165, 1.54) is 18.4 Å². The molecule has 2 aromatic rings. The van der Waals surface area contributed by atoms with Crippen molar-refractivity contribution >= 4 is 40.3 Å². The van der Waals surface area contributed by atoms with Crippen LogP contribution in [0.5, 0.6) is 0 Å². The first-order valence-corrected chi connectivity index (χ1v) is 8.57. The maximum Gasteiger partial charge on any atom is 0.178 e. The molecule has 110 valence electrons. The van der Waals surface area contributed by atoms with Crippen molar-refractivity contribution < 1.29 is 4.79 Å². The number of hydrogen-bond donors (Lipinski definition) is 0. The van der Waals surface area contributed by atoms with Gasteiger partial charge in [0.2, 0.25) is 0 Å². The van der Waals surface area contributed by atoms with Crippen LogP contribution in [0, 0.1) is 0 Å². The highest BCUT2D eigenvalue weighted by atomic mass is 35.5. The van der Waals surface area contributed by atoms with Crippen LogP contribution in [-0.2, 0) is 6.54 Å². The van der Waals surface area contributed by atoms with Crippen molar-refractivity contribution in [2.45, 2.75) is 25.4 Å². The normalized spacial score (nSPS) is 14.6. The van der Waals surface area contributed by atoms with Crippen LogP contribution in [-0.4, -0.2) is 23.3 Å². The predicted octanol–water partition coefficient (Wildman–Crippen LogP) is 4.90. The lowest BCUT2D eigenvalue weighted by atomic mass is 10.1. The second-order valence-electron chi connectivity index (χ2n) is 5.32. The Morgan fingerprint density at radius 2 is 2.10 bits per heavy atom. The molecule has 0 saturated heterocycles. The van der Waals surface area contributed by atoms with Crippen LogP contribution in [0.2, 0.25) is 10.0 Å². The Morgan fingerprint density at radius 3 is 2.76 bits per heavy atom. The van der Waals surface area contributed by atoms with Gasteiger partial charge in [-0.2, -0.15) is 11.3 Å². The number of rotatable bonds is 6. The van der Waals surface area contributed by atoms with E-state index >= 15 is 0 Å². The highest BCUT2D eigenvalue weighted by Gasteiger charge is 2.30. The summed E-state index contributed by atoms with van der Waals surface area (Å²) in [5, 5.41) is 5.21. The molecule has 1 fully saturated rings. The van der Waals surface area contributed by atoms with Gasteiger partial charge in [-0.05, 0) is 53.4 Å². The molecule has 1 aromatic carbocycles. The lowest BCUT2D eigenvalue weighted by molar-refractivity contribution is 0.0919. The van der Waals surface area contributed by atoms with Crippen LogP contribution in [0.15, 0.2) is 35.0 Å². The summed E-state index contributed by atoms with van der Waals surface area (Å²) in [5.41, 5.74) is 1.78. The molecule has 0 spiro atoms. The van der Waals surface area contributed by atoms with Gasteiger partial charge < -0.3 is 0 Å². The number of ketones is 1. The van der Waals surface area contributed by atoms with Crippen molar-refractivity contribution in [1.29, 1.82) is 0 Å². The summed E-state index contributed by atoms with van der Waals surface area (Å²) in [6, 6.07) is 7.66. The molecule has 1 aliphatic carbocycles. The number of nitrogens with zero attached hydrogens (tertiary/aromatic N) is 1. The van der Waals surface area contributed by atoms with E-state index in [4.69, 9.17) is 23.2 Å². The molecule has 0 bridgehead atoms. The Hall–Kier alpha value is -0.870. The van der Waals surface area contributed by atoms with Gasteiger partial charge in [0.25, 0.3) is 0 Å². The summed E-state index contributed by atoms with van der Waals surface area (Å²) in [4.78, 5) is 14.7.